The van der Waals surface area contributed by atoms with Crippen LogP contribution in [0.1, 0.15) is 37.0 Å². The topological polar surface area (TPSA) is 26.7 Å². The minimum atomic E-state index is -0.360. The molecule has 1 aliphatic rings. The van der Waals surface area contributed by atoms with Gasteiger partial charge in [0.15, 0.2) is 0 Å². The van der Waals surface area contributed by atoms with E-state index < -0.39 is 0 Å². The third-order valence-corrected chi connectivity index (χ3v) is 4.53. The van der Waals surface area contributed by atoms with Gasteiger partial charge >= 0.3 is 0 Å². The normalized spacial score (nSPS) is 19.1. The van der Waals surface area contributed by atoms with Gasteiger partial charge in [0.2, 0.25) is 0 Å². The van der Waals surface area contributed by atoms with Crippen LogP contribution in [0.3, 0.4) is 0 Å². The molecule has 0 amide bonds. The number of aliphatic hydroxyl groups is 1. The SMILES string of the molecule is CCc1ccc(C(O)CN2CCC(CN(C)C)CC2)cc1. The summed E-state index contributed by atoms with van der Waals surface area (Å²) in [5.74, 6) is 0.817. The third-order valence-electron chi connectivity index (χ3n) is 4.53. The van der Waals surface area contributed by atoms with Crippen molar-refractivity contribution in [3.63, 3.8) is 0 Å². The molecule has 0 aromatic heterocycles. The van der Waals surface area contributed by atoms with Crippen LogP contribution >= 0.6 is 0 Å². The highest BCUT2D eigenvalue weighted by molar-refractivity contribution is 5.24. The molecule has 1 N–H and O–H groups in total. The summed E-state index contributed by atoms with van der Waals surface area (Å²) in [6.07, 6.45) is 3.19. The van der Waals surface area contributed by atoms with Crippen LogP contribution in [0.4, 0.5) is 0 Å². The number of nitrogens with zero attached hydrogens (tertiary/aromatic N) is 2. The van der Waals surface area contributed by atoms with Crippen molar-refractivity contribution < 1.29 is 5.11 Å². The molecule has 1 atom stereocenters. The van der Waals surface area contributed by atoms with E-state index >= 15 is 0 Å². The highest BCUT2D eigenvalue weighted by Crippen LogP contribution is 2.21. The molecule has 0 saturated carbocycles. The van der Waals surface area contributed by atoms with Crippen molar-refractivity contribution in [2.45, 2.75) is 32.3 Å². The summed E-state index contributed by atoms with van der Waals surface area (Å²) < 4.78 is 0. The Labute approximate surface area is 129 Å². The summed E-state index contributed by atoms with van der Waals surface area (Å²) >= 11 is 0. The fourth-order valence-electron chi connectivity index (χ4n) is 3.19. The first-order chi connectivity index (χ1) is 10.1. The number of rotatable bonds is 6. The van der Waals surface area contributed by atoms with E-state index in [1.165, 1.54) is 24.9 Å². The first-order valence-electron chi connectivity index (χ1n) is 8.22. The molecule has 1 fully saturated rings. The third kappa shape index (κ3) is 5.10. The number of β-amino-alcohol motifs (C(OH)–C–C–N with tert-alkyl or cyclic N) is 1. The summed E-state index contributed by atoms with van der Waals surface area (Å²) in [5, 5.41) is 10.4. The Morgan fingerprint density at radius 3 is 2.33 bits per heavy atom. The zero-order chi connectivity index (χ0) is 15.2. The second-order valence-corrected chi connectivity index (χ2v) is 6.62. The summed E-state index contributed by atoms with van der Waals surface area (Å²) in [4.78, 5) is 4.69. The molecule has 0 aliphatic carbocycles. The molecule has 1 unspecified atom stereocenters. The first kappa shape index (κ1) is 16.5. The Balaban J connectivity index is 1.79. The van der Waals surface area contributed by atoms with Gasteiger partial charge in [-0.1, -0.05) is 31.2 Å². The molecule has 1 saturated heterocycles. The number of likely N-dealkylation sites (tertiary alicyclic amines) is 1. The van der Waals surface area contributed by atoms with E-state index in [2.05, 4.69) is 55.1 Å². The van der Waals surface area contributed by atoms with Crippen molar-refractivity contribution in [3.05, 3.63) is 35.4 Å². The van der Waals surface area contributed by atoms with E-state index in [9.17, 15) is 5.11 Å². The lowest BCUT2D eigenvalue weighted by Gasteiger charge is -2.34. The molecule has 1 aromatic carbocycles. The number of aryl methyl sites for hydroxylation is 1. The summed E-state index contributed by atoms with van der Waals surface area (Å²) in [6, 6.07) is 8.40. The van der Waals surface area contributed by atoms with Gasteiger partial charge in [0, 0.05) is 13.1 Å². The van der Waals surface area contributed by atoms with E-state index in [0.29, 0.717) is 0 Å². The molecular weight excluding hydrogens is 260 g/mol. The Morgan fingerprint density at radius 1 is 1.19 bits per heavy atom. The lowest BCUT2D eigenvalue weighted by atomic mass is 9.95. The number of benzene rings is 1. The van der Waals surface area contributed by atoms with Crippen LogP contribution < -0.4 is 0 Å². The standard InChI is InChI=1S/C18H30N2O/c1-4-15-5-7-17(8-6-15)18(21)14-20-11-9-16(10-12-20)13-19(2)3/h5-8,16,18,21H,4,9-14H2,1-3H3. The maximum atomic E-state index is 10.4. The first-order valence-corrected chi connectivity index (χ1v) is 8.22. The minimum absolute atomic E-state index is 0.360. The smallest absolute Gasteiger partial charge is 0.0916 e. The average Bonchev–Trinajstić information content (AvgIpc) is 2.49. The van der Waals surface area contributed by atoms with Crippen LogP contribution in [0.15, 0.2) is 24.3 Å². The van der Waals surface area contributed by atoms with Crippen LogP contribution in [-0.4, -0.2) is 55.2 Å². The molecule has 3 heteroatoms. The van der Waals surface area contributed by atoms with Crippen LogP contribution in [0.25, 0.3) is 0 Å². The number of piperidine rings is 1. The number of hydrogen-bond donors (Lipinski definition) is 1. The van der Waals surface area contributed by atoms with E-state index in [-0.39, 0.29) is 6.10 Å². The molecule has 2 rings (SSSR count). The molecule has 0 radical (unpaired) electrons. The Bertz CT molecular complexity index is 408. The van der Waals surface area contributed by atoms with Crippen LogP contribution in [0, 0.1) is 5.92 Å². The monoisotopic (exact) mass is 290 g/mol. The summed E-state index contributed by atoms with van der Waals surface area (Å²) in [7, 11) is 4.30. The maximum absolute atomic E-state index is 10.4. The zero-order valence-electron chi connectivity index (χ0n) is 13.8. The number of aliphatic hydroxyl groups excluding tert-OH is 1. The van der Waals surface area contributed by atoms with Crippen LogP contribution in [0.5, 0.6) is 0 Å². The van der Waals surface area contributed by atoms with Crippen molar-refractivity contribution in [2.75, 3.05) is 40.3 Å². The minimum Gasteiger partial charge on any atom is -0.387 e. The van der Waals surface area contributed by atoms with E-state index in [1.54, 1.807) is 0 Å². The van der Waals surface area contributed by atoms with Gasteiger partial charge in [-0.2, -0.15) is 0 Å². The van der Waals surface area contributed by atoms with Gasteiger partial charge in [0.25, 0.3) is 0 Å². The zero-order valence-corrected chi connectivity index (χ0v) is 13.8. The predicted molar refractivity (Wildman–Crippen MR) is 88.5 cm³/mol. The summed E-state index contributed by atoms with van der Waals surface area (Å²) in [5.41, 5.74) is 2.37. The molecule has 118 valence electrons. The van der Waals surface area contributed by atoms with Crippen molar-refractivity contribution >= 4 is 0 Å². The Hall–Kier alpha value is -0.900. The number of hydrogen-bond acceptors (Lipinski definition) is 3. The molecular formula is C18H30N2O. The van der Waals surface area contributed by atoms with E-state index in [0.717, 1.165) is 37.5 Å². The highest BCUT2D eigenvalue weighted by atomic mass is 16.3. The van der Waals surface area contributed by atoms with Gasteiger partial charge in [-0.05, 0) is 63.5 Å². The quantitative estimate of drug-likeness (QED) is 0.872. The largest absolute Gasteiger partial charge is 0.387 e. The Morgan fingerprint density at radius 2 is 1.81 bits per heavy atom. The van der Waals surface area contributed by atoms with Gasteiger partial charge in [-0.15, -0.1) is 0 Å². The lowest BCUT2D eigenvalue weighted by molar-refractivity contribution is 0.0847. The summed E-state index contributed by atoms with van der Waals surface area (Å²) in [6.45, 7) is 6.34. The second-order valence-electron chi connectivity index (χ2n) is 6.62. The molecule has 0 spiro atoms. The molecule has 21 heavy (non-hydrogen) atoms. The lowest BCUT2D eigenvalue weighted by Crippen LogP contribution is -2.39. The van der Waals surface area contributed by atoms with Crippen LogP contribution in [-0.2, 0) is 6.42 Å². The van der Waals surface area contributed by atoms with Crippen LogP contribution in [0.2, 0.25) is 0 Å². The van der Waals surface area contributed by atoms with Crippen molar-refractivity contribution in [2.24, 2.45) is 5.92 Å². The van der Waals surface area contributed by atoms with Gasteiger partial charge in [-0.25, -0.2) is 0 Å². The Kier molecular flexibility index (Phi) is 6.22. The molecule has 1 aliphatic heterocycles. The van der Waals surface area contributed by atoms with Gasteiger partial charge in [-0.3, -0.25) is 0 Å². The maximum Gasteiger partial charge on any atom is 0.0916 e. The molecule has 3 nitrogen and oxygen atoms in total. The molecule has 0 bridgehead atoms. The fourth-order valence-corrected chi connectivity index (χ4v) is 3.19. The van der Waals surface area contributed by atoms with E-state index in [1.807, 2.05) is 0 Å². The van der Waals surface area contributed by atoms with Gasteiger partial charge in [0.05, 0.1) is 6.10 Å². The van der Waals surface area contributed by atoms with E-state index in [4.69, 9.17) is 0 Å². The van der Waals surface area contributed by atoms with Gasteiger partial charge < -0.3 is 14.9 Å². The van der Waals surface area contributed by atoms with Gasteiger partial charge in [0.1, 0.15) is 0 Å². The van der Waals surface area contributed by atoms with Crippen molar-refractivity contribution in [1.82, 2.24) is 9.80 Å². The predicted octanol–water partition coefficient (Wildman–Crippen LogP) is 2.56. The fraction of sp³-hybridized carbons (Fsp3) is 0.667. The molecule has 1 aromatic rings. The average molecular weight is 290 g/mol. The molecule has 1 heterocycles. The van der Waals surface area contributed by atoms with Crippen molar-refractivity contribution in [1.29, 1.82) is 0 Å². The van der Waals surface area contributed by atoms with Crippen molar-refractivity contribution in [3.8, 4) is 0 Å². The highest BCUT2D eigenvalue weighted by Gasteiger charge is 2.21. The second kappa shape index (κ2) is 7.92.